The van der Waals surface area contributed by atoms with Gasteiger partial charge < -0.3 is 15.5 Å². The molecule has 0 unspecified atom stereocenters. The molecular formula is C22H17ClN4O. The molecule has 138 valence electrons. The molecule has 0 aliphatic rings. The van der Waals surface area contributed by atoms with Crippen LogP contribution in [0.2, 0.25) is 0 Å². The predicted molar refractivity (Wildman–Crippen MR) is 113 cm³/mol. The van der Waals surface area contributed by atoms with Gasteiger partial charge in [-0.2, -0.15) is 5.26 Å². The summed E-state index contributed by atoms with van der Waals surface area (Å²) >= 11 is 0. The van der Waals surface area contributed by atoms with Gasteiger partial charge in [0.1, 0.15) is 17.3 Å². The Bertz CT molecular complexity index is 1170. The van der Waals surface area contributed by atoms with E-state index in [-0.39, 0.29) is 18.2 Å². The molecule has 4 N–H and O–H groups in total. The summed E-state index contributed by atoms with van der Waals surface area (Å²) in [7, 11) is 0. The molecule has 28 heavy (non-hydrogen) atoms. The summed E-state index contributed by atoms with van der Waals surface area (Å²) < 4.78 is 5.81. The number of ether oxygens (including phenoxy) is 1. The number of aromatic nitrogens is 1. The highest BCUT2D eigenvalue weighted by atomic mass is 35.5. The second-order valence-corrected chi connectivity index (χ2v) is 6.16. The van der Waals surface area contributed by atoms with Gasteiger partial charge in [0.25, 0.3) is 0 Å². The quantitative estimate of drug-likeness (QED) is 0.330. The molecule has 0 atom stereocenters. The average Bonchev–Trinajstić information content (AvgIpc) is 3.12. The Balaban J connectivity index is 0.00000225. The number of hydrogen-bond acceptors (Lipinski definition) is 3. The number of amidine groups is 1. The Labute approximate surface area is 168 Å². The van der Waals surface area contributed by atoms with Gasteiger partial charge in [0, 0.05) is 22.2 Å². The van der Waals surface area contributed by atoms with Crippen molar-refractivity contribution < 1.29 is 4.74 Å². The van der Waals surface area contributed by atoms with E-state index in [2.05, 4.69) is 17.1 Å². The van der Waals surface area contributed by atoms with E-state index in [1.54, 1.807) is 24.3 Å². The van der Waals surface area contributed by atoms with Crippen molar-refractivity contribution in [3.8, 4) is 28.8 Å². The minimum Gasteiger partial charge on any atom is -0.457 e. The van der Waals surface area contributed by atoms with Crippen LogP contribution >= 0.6 is 12.4 Å². The second kappa shape index (κ2) is 7.87. The van der Waals surface area contributed by atoms with Crippen LogP contribution in [-0.2, 0) is 0 Å². The Morgan fingerprint density at radius 3 is 2.18 bits per heavy atom. The van der Waals surface area contributed by atoms with Gasteiger partial charge in [-0.15, -0.1) is 12.4 Å². The molecule has 0 aliphatic carbocycles. The number of nitrogens with one attached hydrogen (secondary N) is 2. The van der Waals surface area contributed by atoms with E-state index in [4.69, 9.17) is 21.1 Å². The van der Waals surface area contributed by atoms with Gasteiger partial charge in [-0.3, -0.25) is 5.41 Å². The lowest BCUT2D eigenvalue weighted by Gasteiger charge is -2.06. The maximum atomic E-state index is 8.84. The van der Waals surface area contributed by atoms with Crippen LogP contribution in [0.1, 0.15) is 11.1 Å². The number of halogens is 1. The first-order valence-corrected chi connectivity index (χ1v) is 8.38. The SMILES string of the molecule is Cl.N#Cc1ccc(Oc2ccc(-c3cc4ccc(C(=N)N)cc4[nH]3)cc2)cc1. The van der Waals surface area contributed by atoms with Crippen molar-refractivity contribution in [2.75, 3.05) is 0 Å². The lowest BCUT2D eigenvalue weighted by molar-refractivity contribution is 0.482. The third kappa shape index (κ3) is 3.83. The van der Waals surface area contributed by atoms with E-state index < -0.39 is 0 Å². The standard InChI is InChI=1S/C22H16N4O.ClH/c23-13-14-1-7-18(8-2-14)27-19-9-5-15(6-10-19)20-11-16-3-4-17(22(24)25)12-21(16)26-20;/h1-12,26H,(H3,24,25);1H. The van der Waals surface area contributed by atoms with Crippen LogP contribution in [0.4, 0.5) is 0 Å². The fourth-order valence-corrected chi connectivity index (χ4v) is 2.89. The molecule has 0 spiro atoms. The molecule has 0 saturated heterocycles. The van der Waals surface area contributed by atoms with E-state index in [1.165, 1.54) is 0 Å². The van der Waals surface area contributed by atoms with E-state index in [9.17, 15) is 0 Å². The van der Waals surface area contributed by atoms with Crippen LogP contribution in [0.25, 0.3) is 22.2 Å². The maximum absolute atomic E-state index is 8.84. The first-order valence-electron chi connectivity index (χ1n) is 8.38. The number of hydrogen-bond donors (Lipinski definition) is 3. The lowest BCUT2D eigenvalue weighted by atomic mass is 10.1. The molecule has 0 amide bonds. The summed E-state index contributed by atoms with van der Waals surface area (Å²) in [6, 6.07) is 24.6. The minimum absolute atomic E-state index is 0. The van der Waals surface area contributed by atoms with Gasteiger partial charge in [-0.05, 0) is 66.2 Å². The molecular weight excluding hydrogens is 372 g/mol. The summed E-state index contributed by atoms with van der Waals surface area (Å²) in [5, 5.41) is 17.5. The molecule has 3 aromatic carbocycles. The molecule has 5 nitrogen and oxygen atoms in total. The molecule has 6 heteroatoms. The van der Waals surface area contributed by atoms with Crippen molar-refractivity contribution in [2.24, 2.45) is 5.73 Å². The number of benzene rings is 3. The molecule has 0 bridgehead atoms. The summed E-state index contributed by atoms with van der Waals surface area (Å²) in [6.07, 6.45) is 0. The average molecular weight is 389 g/mol. The number of nitrogen functional groups attached to an aromatic ring is 1. The number of nitriles is 1. The minimum atomic E-state index is 0. The summed E-state index contributed by atoms with van der Waals surface area (Å²) in [4.78, 5) is 3.37. The molecule has 0 saturated carbocycles. The molecule has 4 aromatic rings. The highest BCUT2D eigenvalue weighted by molar-refractivity contribution is 5.99. The smallest absolute Gasteiger partial charge is 0.127 e. The van der Waals surface area contributed by atoms with Gasteiger partial charge in [-0.25, -0.2) is 0 Å². The van der Waals surface area contributed by atoms with Crippen LogP contribution in [0, 0.1) is 16.7 Å². The van der Waals surface area contributed by atoms with Crippen molar-refractivity contribution in [3.63, 3.8) is 0 Å². The Kier molecular flexibility index (Phi) is 5.35. The van der Waals surface area contributed by atoms with Crippen LogP contribution in [0.15, 0.2) is 72.8 Å². The number of aromatic amines is 1. The zero-order valence-electron chi connectivity index (χ0n) is 14.8. The number of H-pyrrole nitrogens is 1. The summed E-state index contributed by atoms with van der Waals surface area (Å²) in [5.41, 5.74) is 9.81. The molecule has 4 rings (SSSR count). The Hall–Kier alpha value is -3.75. The van der Waals surface area contributed by atoms with Crippen LogP contribution in [-0.4, -0.2) is 10.8 Å². The highest BCUT2D eigenvalue weighted by Crippen LogP contribution is 2.28. The monoisotopic (exact) mass is 388 g/mol. The zero-order chi connectivity index (χ0) is 18.8. The third-order valence-electron chi connectivity index (χ3n) is 4.32. The number of rotatable bonds is 4. The molecule has 0 aliphatic heterocycles. The fraction of sp³-hybridized carbons (Fsp3) is 0. The first-order chi connectivity index (χ1) is 13.1. The van der Waals surface area contributed by atoms with Crippen LogP contribution in [0.5, 0.6) is 11.5 Å². The maximum Gasteiger partial charge on any atom is 0.127 e. The fourth-order valence-electron chi connectivity index (χ4n) is 2.89. The Morgan fingerprint density at radius 1 is 0.929 bits per heavy atom. The van der Waals surface area contributed by atoms with E-state index in [0.717, 1.165) is 27.9 Å². The predicted octanol–water partition coefficient (Wildman–Crippen LogP) is 5.20. The lowest BCUT2D eigenvalue weighted by Crippen LogP contribution is -2.10. The summed E-state index contributed by atoms with van der Waals surface area (Å²) in [6.45, 7) is 0. The normalized spacial score (nSPS) is 10.1. The number of nitrogens with zero attached hydrogens (tertiary/aromatic N) is 1. The Morgan fingerprint density at radius 2 is 1.57 bits per heavy atom. The van der Waals surface area contributed by atoms with E-state index in [1.807, 2.05) is 42.5 Å². The van der Waals surface area contributed by atoms with Gasteiger partial charge in [0.2, 0.25) is 0 Å². The van der Waals surface area contributed by atoms with Gasteiger partial charge in [0.05, 0.1) is 11.6 Å². The summed E-state index contributed by atoms with van der Waals surface area (Å²) in [5.74, 6) is 1.46. The third-order valence-corrected chi connectivity index (χ3v) is 4.32. The van der Waals surface area contributed by atoms with Crippen molar-refractivity contribution in [1.82, 2.24) is 4.98 Å². The number of nitrogens with two attached hydrogens (primary N) is 1. The van der Waals surface area contributed by atoms with Gasteiger partial charge in [-0.1, -0.05) is 12.1 Å². The van der Waals surface area contributed by atoms with E-state index >= 15 is 0 Å². The van der Waals surface area contributed by atoms with Crippen LogP contribution < -0.4 is 10.5 Å². The first kappa shape index (κ1) is 19.0. The van der Waals surface area contributed by atoms with Gasteiger partial charge in [0.15, 0.2) is 0 Å². The second-order valence-electron chi connectivity index (χ2n) is 6.16. The van der Waals surface area contributed by atoms with Crippen LogP contribution in [0.3, 0.4) is 0 Å². The van der Waals surface area contributed by atoms with Crippen molar-refractivity contribution in [2.45, 2.75) is 0 Å². The molecule has 1 heterocycles. The largest absolute Gasteiger partial charge is 0.457 e. The number of fused-ring (bicyclic) bond motifs is 1. The molecule has 0 fully saturated rings. The van der Waals surface area contributed by atoms with Crippen molar-refractivity contribution in [1.29, 1.82) is 10.7 Å². The van der Waals surface area contributed by atoms with Crippen molar-refractivity contribution in [3.05, 3.63) is 83.9 Å². The zero-order valence-corrected chi connectivity index (χ0v) is 15.6. The van der Waals surface area contributed by atoms with Crippen molar-refractivity contribution >= 4 is 29.1 Å². The van der Waals surface area contributed by atoms with E-state index in [0.29, 0.717) is 16.9 Å². The highest BCUT2D eigenvalue weighted by Gasteiger charge is 2.06. The molecule has 0 radical (unpaired) electrons. The topological polar surface area (TPSA) is 98.7 Å². The van der Waals surface area contributed by atoms with Gasteiger partial charge >= 0.3 is 0 Å². The molecule has 1 aromatic heterocycles.